The summed E-state index contributed by atoms with van der Waals surface area (Å²) in [7, 11) is 0. The summed E-state index contributed by atoms with van der Waals surface area (Å²) in [5.74, 6) is -6.56. The summed E-state index contributed by atoms with van der Waals surface area (Å²) in [6.45, 7) is 6.42. The van der Waals surface area contributed by atoms with E-state index in [1.807, 2.05) is 56.3 Å². The molecule has 3 heterocycles. The van der Waals surface area contributed by atoms with Crippen molar-refractivity contribution < 1.29 is 62.1 Å². The molecule has 7 rings (SSSR count). The number of fused-ring (bicyclic) bond motifs is 2. The van der Waals surface area contributed by atoms with Gasteiger partial charge in [0.1, 0.15) is 62.2 Å². The van der Waals surface area contributed by atoms with Crippen LogP contribution < -0.4 is 31.9 Å². The lowest BCUT2D eigenvalue weighted by Gasteiger charge is -2.30. The van der Waals surface area contributed by atoms with Crippen molar-refractivity contribution in [1.29, 1.82) is 0 Å². The summed E-state index contributed by atoms with van der Waals surface area (Å²) in [6, 6.07) is 25.7. The van der Waals surface area contributed by atoms with Gasteiger partial charge in [0, 0.05) is 36.5 Å². The van der Waals surface area contributed by atoms with Crippen LogP contribution in [-0.2, 0) is 78.8 Å². The molecule has 5 aromatic rings. The van der Waals surface area contributed by atoms with Crippen molar-refractivity contribution in [2.45, 2.75) is 128 Å². The van der Waals surface area contributed by atoms with E-state index in [1.165, 1.54) is 0 Å². The number of hydrogen-bond donors (Lipinski definition) is 7. The summed E-state index contributed by atoms with van der Waals surface area (Å²) in [5, 5.41) is 17.1. The third-order valence-electron chi connectivity index (χ3n) is 13.6. The van der Waals surface area contributed by atoms with Gasteiger partial charge in [0.15, 0.2) is 0 Å². The number of esters is 2. The molecule has 0 bridgehead atoms. The zero-order valence-electron chi connectivity index (χ0n) is 45.3. The van der Waals surface area contributed by atoms with Gasteiger partial charge in [0.2, 0.25) is 29.5 Å². The van der Waals surface area contributed by atoms with Crippen molar-refractivity contribution in [3.05, 3.63) is 144 Å². The van der Waals surface area contributed by atoms with Crippen LogP contribution in [0.25, 0.3) is 10.9 Å². The van der Waals surface area contributed by atoms with Gasteiger partial charge in [-0.2, -0.15) is 0 Å². The van der Waals surface area contributed by atoms with Gasteiger partial charge in [-0.25, -0.2) is 14.4 Å². The number of H-pyrrole nitrogens is 1. The molecule has 21 nitrogen and oxygen atoms in total. The normalized spacial score (nSPS) is 20.2. The maximum atomic E-state index is 15.2. The second kappa shape index (κ2) is 28.7. The first-order valence-electron chi connectivity index (χ1n) is 26.9. The molecule has 424 valence electrons. The number of benzene rings is 4. The van der Waals surface area contributed by atoms with Gasteiger partial charge in [-0.3, -0.25) is 28.8 Å². The van der Waals surface area contributed by atoms with Crippen LogP contribution in [0.3, 0.4) is 0 Å². The van der Waals surface area contributed by atoms with Gasteiger partial charge < -0.3 is 60.7 Å². The topological polar surface area (TPSA) is 282 Å². The van der Waals surface area contributed by atoms with Crippen LogP contribution in [0, 0.1) is 11.8 Å². The molecule has 0 spiro atoms. The molecular formula is C59H70N8O13. The van der Waals surface area contributed by atoms with Gasteiger partial charge in [0.05, 0.1) is 13.0 Å². The van der Waals surface area contributed by atoms with Gasteiger partial charge >= 0.3 is 24.1 Å². The molecule has 7 atom stereocenters. The molecule has 0 unspecified atom stereocenters. The molecule has 4 aromatic carbocycles. The third-order valence-corrected chi connectivity index (χ3v) is 13.6. The molecule has 1 aromatic heterocycles. The highest BCUT2D eigenvalue weighted by Crippen LogP contribution is 2.26. The van der Waals surface area contributed by atoms with Crippen LogP contribution in [-0.4, -0.2) is 119 Å². The van der Waals surface area contributed by atoms with Crippen LogP contribution in [0.4, 0.5) is 9.59 Å². The number of hydrogen-bond acceptors (Lipinski definition) is 13. The van der Waals surface area contributed by atoms with E-state index in [0.717, 1.165) is 21.4 Å². The lowest BCUT2D eigenvalue weighted by Crippen LogP contribution is -2.59. The molecule has 80 heavy (non-hydrogen) atoms. The van der Waals surface area contributed by atoms with E-state index < -0.39 is 115 Å². The Balaban J connectivity index is 1.17. The number of carbonyl (C=O) groups excluding carboxylic acids is 9. The summed E-state index contributed by atoms with van der Waals surface area (Å²) < 4.78 is 22.4. The fraction of sp³-hybridized carbons (Fsp3) is 0.407. The first kappa shape index (κ1) is 58.9. The molecule has 0 radical (unpaired) electrons. The van der Waals surface area contributed by atoms with Crippen LogP contribution in [0.1, 0.15) is 82.1 Å². The number of aromatic nitrogens is 1. The molecule has 2 fully saturated rings. The fourth-order valence-corrected chi connectivity index (χ4v) is 9.44. The Kier molecular flexibility index (Phi) is 21.2. The number of para-hydroxylation sites is 1. The van der Waals surface area contributed by atoms with E-state index in [4.69, 9.17) is 18.9 Å². The number of aromatic amines is 1. The Morgan fingerprint density at radius 1 is 0.637 bits per heavy atom. The van der Waals surface area contributed by atoms with Gasteiger partial charge in [-0.15, -0.1) is 0 Å². The van der Waals surface area contributed by atoms with Crippen LogP contribution in [0.15, 0.2) is 121 Å². The first-order chi connectivity index (χ1) is 38.5. The van der Waals surface area contributed by atoms with Gasteiger partial charge in [-0.05, 0) is 59.4 Å². The molecule has 7 amide bonds. The summed E-state index contributed by atoms with van der Waals surface area (Å²) in [4.78, 5) is 132. The Morgan fingerprint density at radius 2 is 1.20 bits per heavy atom. The highest BCUT2D eigenvalue weighted by molar-refractivity contribution is 5.99. The van der Waals surface area contributed by atoms with E-state index in [2.05, 4.69) is 36.9 Å². The number of nitrogens with one attached hydrogen (secondary N) is 7. The van der Waals surface area contributed by atoms with Crippen LogP contribution in [0.2, 0.25) is 0 Å². The summed E-state index contributed by atoms with van der Waals surface area (Å²) in [6.07, 6.45) is -2.12. The van der Waals surface area contributed by atoms with E-state index >= 15 is 4.79 Å². The molecule has 0 saturated carbocycles. The average molecular weight is 1100 g/mol. The van der Waals surface area contributed by atoms with Gasteiger partial charge in [0.25, 0.3) is 0 Å². The van der Waals surface area contributed by atoms with E-state index in [9.17, 15) is 38.4 Å². The Bertz CT molecular complexity index is 2940. The lowest BCUT2D eigenvalue weighted by molar-refractivity contribution is -0.152. The molecule has 2 aliphatic heterocycles. The SMILES string of the molecule is CC(C)C[C@@H]1NC(=O)[C@@H](C(C)C)NC(=O)[C@@H]2C[C@@H](OC(=O)[C@H](CCCNC(=O)OCc3ccccc3)NC(=O)OCc3ccccc3)CN2C(=O)[C@@H](CC(=O)OCc2ccccc2)NC(=O)[C@@H](Cc2c[nH]c3ccccc23)NC1=O. The molecule has 7 N–H and O–H groups in total. The maximum absolute atomic E-state index is 15.2. The second-order valence-corrected chi connectivity index (χ2v) is 20.6. The zero-order chi connectivity index (χ0) is 57.1. The predicted octanol–water partition coefficient (Wildman–Crippen LogP) is 5.01. The number of rotatable bonds is 20. The predicted molar refractivity (Wildman–Crippen MR) is 292 cm³/mol. The largest absolute Gasteiger partial charge is 0.461 e. The smallest absolute Gasteiger partial charge is 0.408 e. The molecule has 2 aliphatic rings. The van der Waals surface area contributed by atoms with Crippen molar-refractivity contribution >= 4 is 64.6 Å². The molecule has 21 heteroatoms. The quantitative estimate of drug-likeness (QED) is 0.0307. The van der Waals surface area contributed by atoms with Crippen LogP contribution >= 0.6 is 0 Å². The van der Waals surface area contributed by atoms with E-state index in [0.29, 0.717) is 16.7 Å². The van der Waals surface area contributed by atoms with Crippen molar-refractivity contribution in [2.24, 2.45) is 11.8 Å². The van der Waals surface area contributed by atoms with Gasteiger partial charge in [-0.1, -0.05) is 137 Å². The molecule has 2 saturated heterocycles. The first-order valence-corrected chi connectivity index (χ1v) is 26.9. The van der Waals surface area contributed by atoms with Crippen molar-refractivity contribution in [3.8, 4) is 0 Å². The highest BCUT2D eigenvalue weighted by Gasteiger charge is 2.46. The minimum absolute atomic E-state index is 0.0243. The number of carbonyl (C=O) groups is 9. The third kappa shape index (κ3) is 17.1. The number of alkyl carbamates (subject to hydrolysis) is 2. The van der Waals surface area contributed by atoms with Crippen molar-refractivity contribution in [2.75, 3.05) is 13.1 Å². The Morgan fingerprint density at radius 3 is 1.82 bits per heavy atom. The summed E-state index contributed by atoms with van der Waals surface area (Å²) in [5.41, 5.74) is 3.50. The van der Waals surface area contributed by atoms with E-state index in [-0.39, 0.29) is 64.4 Å². The number of ether oxygens (including phenoxy) is 4. The monoisotopic (exact) mass is 1100 g/mol. The summed E-state index contributed by atoms with van der Waals surface area (Å²) >= 11 is 0. The molecular weight excluding hydrogens is 1030 g/mol. The number of nitrogens with zero attached hydrogens (tertiary/aromatic N) is 1. The Hall–Kier alpha value is -8.75. The Labute approximate surface area is 463 Å². The van der Waals surface area contributed by atoms with Crippen molar-refractivity contribution in [1.82, 2.24) is 41.8 Å². The van der Waals surface area contributed by atoms with E-state index in [1.54, 1.807) is 92.8 Å². The van der Waals surface area contributed by atoms with Crippen LogP contribution in [0.5, 0.6) is 0 Å². The lowest BCUT2D eigenvalue weighted by atomic mass is 9.98. The van der Waals surface area contributed by atoms with Crippen molar-refractivity contribution in [3.63, 3.8) is 0 Å². The standard InChI is InChI=1S/C59H70N8O13/c1-36(2)27-46-52(69)62-47(28-41-31-61-44-24-15-14-23-43(41)44)53(70)64-48(30-50(68)77-33-38-17-8-5-9-18-38)56(73)67-32-42(29-49(67)54(71)66-51(37(3)4)55(72)63-46)80-57(74)45(65-59(76)79-35-40-21-12-7-13-22-40)25-16-26-60-58(75)78-34-39-19-10-6-11-20-39/h5-15,17-24,31,36-37,42,45-49,51,61H,16,25-30,32-35H2,1-4H3,(H,60,75)(H,62,69)(H,63,72)(H,64,70)(H,65,76)(H,66,71)/t42-,45+,46+,47-,48-,49+,51-/m1/s1. The average Bonchev–Trinajstić information content (AvgIpc) is 4.08. The minimum atomic E-state index is -1.71. The molecule has 0 aliphatic carbocycles. The fourth-order valence-electron chi connectivity index (χ4n) is 9.44. The maximum Gasteiger partial charge on any atom is 0.408 e. The highest BCUT2D eigenvalue weighted by atomic mass is 16.6. The zero-order valence-corrected chi connectivity index (χ0v) is 45.3. The minimum Gasteiger partial charge on any atom is -0.461 e. The second-order valence-electron chi connectivity index (χ2n) is 20.6. The number of amides is 7.